The predicted molar refractivity (Wildman–Crippen MR) is 36.7 cm³/mol. The maximum Gasteiger partial charge on any atom is 0.0184 e. The molecule has 0 aromatic heterocycles. The van der Waals surface area contributed by atoms with Crippen molar-refractivity contribution >= 4 is 0 Å². The predicted octanol–water partition coefficient (Wildman–Crippen LogP) is 2.24. The highest BCUT2D eigenvalue weighted by Gasteiger charge is 1.91. The lowest BCUT2D eigenvalue weighted by atomic mass is 10.1. The second-order valence-corrected chi connectivity index (χ2v) is 2.40. The molecule has 0 rings (SSSR count). The molecule has 1 heteroatoms. The van der Waals surface area contributed by atoms with Crippen LogP contribution >= 0.6 is 0 Å². The molecule has 0 saturated carbocycles. The number of hydrogen-bond donors (Lipinski definition) is 0. The molecule has 0 aliphatic rings. The summed E-state index contributed by atoms with van der Waals surface area (Å²) in [5.41, 5.74) is 7.16. The molecule has 1 unspecified atom stereocenters. The summed E-state index contributed by atoms with van der Waals surface area (Å²) in [6, 6.07) is 0.154. The molecule has 0 amide bonds. The molecule has 0 aliphatic heterocycles. The van der Waals surface area contributed by atoms with E-state index in [0.717, 1.165) is 6.42 Å². The zero-order chi connectivity index (χ0) is 6.41. The Morgan fingerprint density at radius 3 is 2.38 bits per heavy atom. The molecule has 0 aromatic carbocycles. The summed E-state index contributed by atoms with van der Waals surface area (Å²) >= 11 is 0. The van der Waals surface area contributed by atoms with E-state index in [-0.39, 0.29) is 6.04 Å². The Morgan fingerprint density at radius 1 is 1.38 bits per heavy atom. The first kappa shape index (κ1) is 7.96. The van der Waals surface area contributed by atoms with Crippen LogP contribution in [0.2, 0.25) is 0 Å². The lowest BCUT2D eigenvalue weighted by molar-refractivity contribution is 0.581. The van der Waals surface area contributed by atoms with Crippen LogP contribution in [0.25, 0.3) is 0 Å². The van der Waals surface area contributed by atoms with Crippen LogP contribution in [0, 0.1) is 0 Å². The van der Waals surface area contributed by atoms with Crippen molar-refractivity contribution in [3.63, 3.8) is 0 Å². The molecule has 0 bridgehead atoms. The molecule has 8 heavy (non-hydrogen) atoms. The number of unbranched alkanes of at least 4 members (excludes halogenated alkanes) is 2. The highest BCUT2D eigenvalue weighted by atomic mass is 14.6. The van der Waals surface area contributed by atoms with E-state index in [1.165, 1.54) is 19.3 Å². The first-order valence-electron chi connectivity index (χ1n) is 3.48. The van der Waals surface area contributed by atoms with Gasteiger partial charge >= 0.3 is 0 Å². The van der Waals surface area contributed by atoms with Gasteiger partial charge in [0, 0.05) is 6.04 Å². The van der Waals surface area contributed by atoms with E-state index in [9.17, 15) is 0 Å². The van der Waals surface area contributed by atoms with Crippen LogP contribution in [0.5, 0.6) is 0 Å². The second kappa shape index (κ2) is 5.10. The van der Waals surface area contributed by atoms with Crippen LogP contribution in [0.3, 0.4) is 0 Å². The summed E-state index contributed by atoms with van der Waals surface area (Å²) in [5.74, 6) is 0. The third-order valence-electron chi connectivity index (χ3n) is 1.24. The fourth-order valence-corrected chi connectivity index (χ4v) is 0.701. The van der Waals surface area contributed by atoms with E-state index in [1.807, 2.05) is 6.92 Å². The molecule has 0 saturated heterocycles. The molecule has 0 fully saturated rings. The highest BCUT2D eigenvalue weighted by molar-refractivity contribution is 4.50. The van der Waals surface area contributed by atoms with Crippen LogP contribution < -0.4 is 5.73 Å². The van der Waals surface area contributed by atoms with E-state index in [4.69, 9.17) is 5.73 Å². The van der Waals surface area contributed by atoms with Crippen molar-refractivity contribution in [1.29, 1.82) is 0 Å². The van der Waals surface area contributed by atoms with Gasteiger partial charge in [-0.15, -0.1) is 0 Å². The van der Waals surface area contributed by atoms with E-state index >= 15 is 0 Å². The maximum atomic E-state index is 7.16. The lowest BCUT2D eigenvalue weighted by Crippen LogP contribution is -2.00. The van der Waals surface area contributed by atoms with E-state index in [2.05, 4.69) is 6.92 Å². The zero-order valence-electron chi connectivity index (χ0n) is 5.91. The minimum Gasteiger partial charge on any atom is -0.255 e. The Hall–Kier alpha value is -0.0400. The fraction of sp³-hybridized carbons (Fsp3) is 1.00. The third-order valence-corrected chi connectivity index (χ3v) is 1.24. The van der Waals surface area contributed by atoms with Gasteiger partial charge in [-0.1, -0.05) is 26.2 Å². The van der Waals surface area contributed by atoms with E-state index in [0.29, 0.717) is 0 Å². The van der Waals surface area contributed by atoms with Crippen molar-refractivity contribution in [3.8, 4) is 0 Å². The molecule has 0 aliphatic carbocycles. The van der Waals surface area contributed by atoms with Crippen molar-refractivity contribution in [2.24, 2.45) is 0 Å². The summed E-state index contributed by atoms with van der Waals surface area (Å²) in [4.78, 5) is 0. The van der Waals surface area contributed by atoms with Gasteiger partial charge in [-0.05, 0) is 13.3 Å². The Bertz CT molecular complexity index is 41.7. The molecule has 0 heterocycles. The lowest BCUT2D eigenvalue weighted by Gasteiger charge is -1.99. The summed E-state index contributed by atoms with van der Waals surface area (Å²) < 4.78 is 0. The minimum absolute atomic E-state index is 0.154. The molecular weight excluding hydrogens is 98.1 g/mol. The third kappa shape index (κ3) is 5.96. The van der Waals surface area contributed by atoms with Gasteiger partial charge in [-0.2, -0.15) is 0 Å². The monoisotopic (exact) mass is 114 g/mol. The number of rotatable bonds is 4. The normalized spacial score (nSPS) is 13.9. The van der Waals surface area contributed by atoms with Crippen LogP contribution in [0.15, 0.2) is 0 Å². The molecule has 1 N–H and O–H groups in total. The van der Waals surface area contributed by atoms with Gasteiger partial charge in [0.2, 0.25) is 0 Å². The van der Waals surface area contributed by atoms with Gasteiger partial charge < -0.3 is 0 Å². The molecule has 1 nitrogen and oxygen atoms in total. The topological polar surface area (TPSA) is 23.8 Å². The summed E-state index contributed by atoms with van der Waals surface area (Å²) in [5, 5.41) is 0. The van der Waals surface area contributed by atoms with Gasteiger partial charge in [0.05, 0.1) is 0 Å². The van der Waals surface area contributed by atoms with Crippen molar-refractivity contribution in [2.45, 2.75) is 45.6 Å². The number of nitrogens with one attached hydrogen (secondary N) is 1. The van der Waals surface area contributed by atoms with Gasteiger partial charge in [-0.3, -0.25) is 5.73 Å². The van der Waals surface area contributed by atoms with Gasteiger partial charge in [0.1, 0.15) is 0 Å². The van der Waals surface area contributed by atoms with Crippen LogP contribution in [0.1, 0.15) is 39.5 Å². The minimum atomic E-state index is 0.154. The first-order chi connectivity index (χ1) is 3.77. The molecule has 0 spiro atoms. The summed E-state index contributed by atoms with van der Waals surface area (Å²) in [6.45, 7) is 4.14. The van der Waals surface area contributed by atoms with Crippen LogP contribution in [-0.4, -0.2) is 6.04 Å². The quantitative estimate of drug-likeness (QED) is 0.500. The second-order valence-electron chi connectivity index (χ2n) is 2.40. The van der Waals surface area contributed by atoms with Crippen LogP contribution in [0.4, 0.5) is 0 Å². The molecule has 0 aromatic rings. The largest absolute Gasteiger partial charge is 0.255 e. The number of hydrogen-bond acceptors (Lipinski definition) is 0. The van der Waals surface area contributed by atoms with E-state index in [1.54, 1.807) is 0 Å². The summed E-state index contributed by atoms with van der Waals surface area (Å²) in [7, 11) is 0. The van der Waals surface area contributed by atoms with Gasteiger partial charge in [0.15, 0.2) is 0 Å². The Kier molecular flexibility index (Phi) is 5.08. The van der Waals surface area contributed by atoms with Crippen LogP contribution in [-0.2, 0) is 0 Å². The Morgan fingerprint density at radius 2 is 2.00 bits per heavy atom. The first-order valence-corrected chi connectivity index (χ1v) is 3.48. The average molecular weight is 114 g/mol. The molecule has 1 radical (unpaired) electrons. The fourth-order valence-electron chi connectivity index (χ4n) is 0.701. The Labute approximate surface area is 52.3 Å². The van der Waals surface area contributed by atoms with Crippen molar-refractivity contribution < 1.29 is 0 Å². The van der Waals surface area contributed by atoms with Crippen molar-refractivity contribution in [1.82, 2.24) is 5.73 Å². The van der Waals surface area contributed by atoms with Gasteiger partial charge in [0.25, 0.3) is 0 Å². The Balaban J connectivity index is 2.72. The van der Waals surface area contributed by atoms with E-state index < -0.39 is 0 Å². The van der Waals surface area contributed by atoms with Crippen molar-refractivity contribution in [3.05, 3.63) is 0 Å². The van der Waals surface area contributed by atoms with Gasteiger partial charge in [-0.25, -0.2) is 0 Å². The smallest absolute Gasteiger partial charge is 0.0184 e. The highest BCUT2D eigenvalue weighted by Crippen LogP contribution is 2.00. The van der Waals surface area contributed by atoms with Crippen molar-refractivity contribution in [2.75, 3.05) is 0 Å². The standard InChI is InChI=1S/C7H16N/c1-3-4-5-6-7(2)8/h7-8H,3-6H2,1-2H3. The molecule has 1 atom stereocenters. The average Bonchev–Trinajstić information content (AvgIpc) is 1.66. The molecular formula is C7H16N. The maximum absolute atomic E-state index is 7.16. The SMILES string of the molecule is CCCCCC(C)[NH]. The summed E-state index contributed by atoms with van der Waals surface area (Å²) in [6.07, 6.45) is 4.88. The zero-order valence-corrected chi connectivity index (χ0v) is 5.91. The molecule has 49 valence electrons.